The number of allylic oxidation sites excluding steroid dienone is 1. The highest BCUT2D eigenvalue weighted by Gasteiger charge is 2.26. The number of hydrogen-bond acceptors (Lipinski definition) is 2. The molecule has 140 valence electrons. The van der Waals surface area contributed by atoms with Gasteiger partial charge in [-0.25, -0.2) is 9.18 Å². The van der Waals surface area contributed by atoms with Gasteiger partial charge in [0.15, 0.2) is 0 Å². The molecule has 0 aliphatic carbocycles. The number of fused-ring (bicyclic) bond motifs is 1. The van der Waals surface area contributed by atoms with Gasteiger partial charge in [-0.3, -0.25) is 4.79 Å². The number of carboxylic acid groups (broad SMARTS) is 1. The number of rotatable bonds is 5. The topological polar surface area (TPSA) is 69.6 Å². The van der Waals surface area contributed by atoms with E-state index in [1.54, 1.807) is 29.2 Å². The van der Waals surface area contributed by atoms with Gasteiger partial charge in [0, 0.05) is 24.2 Å². The molecule has 0 aromatic heterocycles. The Hall–Kier alpha value is -3.15. The largest absolute Gasteiger partial charge is 0.481 e. The fourth-order valence-corrected chi connectivity index (χ4v) is 3.15. The molecule has 2 amide bonds. The second kappa shape index (κ2) is 7.61. The number of hydrogen-bond donors (Lipinski definition) is 2. The molecule has 0 atom stereocenters. The number of amides is 2. The second-order valence-electron chi connectivity index (χ2n) is 6.75. The molecule has 6 heteroatoms. The zero-order valence-corrected chi connectivity index (χ0v) is 15.1. The first-order valence-corrected chi connectivity index (χ1v) is 8.67. The third-order valence-electron chi connectivity index (χ3n) is 4.61. The normalized spacial score (nSPS) is 12.6. The van der Waals surface area contributed by atoms with Crippen LogP contribution in [0.25, 0.3) is 5.57 Å². The SMILES string of the molecule is C=C(CCC(=O)O)c1ccc(NC(=O)N2Cc3cc(C)cc(F)c3C2)cc1. The molecule has 1 aliphatic heterocycles. The Kier molecular flexibility index (Phi) is 5.26. The van der Waals surface area contributed by atoms with E-state index >= 15 is 0 Å². The van der Waals surface area contributed by atoms with Crippen molar-refractivity contribution < 1.29 is 19.1 Å². The summed E-state index contributed by atoms with van der Waals surface area (Å²) < 4.78 is 14.0. The molecular weight excluding hydrogens is 347 g/mol. The number of anilines is 1. The van der Waals surface area contributed by atoms with Crippen molar-refractivity contribution in [2.24, 2.45) is 0 Å². The van der Waals surface area contributed by atoms with E-state index in [2.05, 4.69) is 11.9 Å². The second-order valence-corrected chi connectivity index (χ2v) is 6.75. The summed E-state index contributed by atoms with van der Waals surface area (Å²) in [7, 11) is 0. The molecule has 0 radical (unpaired) electrons. The maximum atomic E-state index is 14.0. The first-order chi connectivity index (χ1) is 12.8. The molecule has 0 unspecified atom stereocenters. The molecule has 0 bridgehead atoms. The van der Waals surface area contributed by atoms with Crippen LogP contribution in [0.3, 0.4) is 0 Å². The lowest BCUT2D eigenvalue weighted by atomic mass is 10.0. The van der Waals surface area contributed by atoms with Crippen LogP contribution in [0.15, 0.2) is 43.0 Å². The van der Waals surface area contributed by atoms with Crippen LogP contribution in [-0.4, -0.2) is 22.0 Å². The molecule has 1 heterocycles. The van der Waals surface area contributed by atoms with Crippen molar-refractivity contribution in [3.05, 3.63) is 71.0 Å². The molecule has 0 saturated heterocycles. The third kappa shape index (κ3) is 4.34. The molecule has 5 nitrogen and oxygen atoms in total. The highest BCUT2D eigenvalue weighted by Crippen LogP contribution is 2.27. The zero-order chi connectivity index (χ0) is 19.6. The summed E-state index contributed by atoms with van der Waals surface area (Å²) in [6.07, 6.45) is 0.404. The minimum Gasteiger partial charge on any atom is -0.481 e. The Morgan fingerprint density at radius 2 is 1.89 bits per heavy atom. The van der Waals surface area contributed by atoms with E-state index in [9.17, 15) is 14.0 Å². The summed E-state index contributed by atoms with van der Waals surface area (Å²) in [5.41, 5.74) is 4.43. The van der Waals surface area contributed by atoms with Crippen molar-refractivity contribution in [1.29, 1.82) is 0 Å². The summed E-state index contributed by atoms with van der Waals surface area (Å²) in [6.45, 7) is 6.35. The van der Waals surface area contributed by atoms with E-state index in [0.717, 1.165) is 22.3 Å². The standard InChI is InChI=1S/C21H21FN2O3/c1-13-9-16-11-24(12-18(16)19(22)10-13)21(27)23-17-6-4-15(5-7-17)14(2)3-8-20(25)26/h4-7,9-10H,2-3,8,11-12H2,1H3,(H,23,27)(H,25,26). The predicted octanol–water partition coefficient (Wildman–Crippen LogP) is 4.56. The van der Waals surface area contributed by atoms with E-state index in [4.69, 9.17) is 5.11 Å². The van der Waals surface area contributed by atoms with E-state index in [0.29, 0.717) is 24.2 Å². The van der Waals surface area contributed by atoms with Gasteiger partial charge in [0.25, 0.3) is 0 Å². The number of halogens is 1. The lowest BCUT2D eigenvalue weighted by molar-refractivity contribution is -0.136. The minimum absolute atomic E-state index is 0.0306. The average Bonchev–Trinajstić information content (AvgIpc) is 3.05. The monoisotopic (exact) mass is 368 g/mol. The van der Waals surface area contributed by atoms with Crippen molar-refractivity contribution in [3.63, 3.8) is 0 Å². The summed E-state index contributed by atoms with van der Waals surface area (Å²) in [6, 6.07) is 10.2. The first-order valence-electron chi connectivity index (χ1n) is 8.67. The smallest absolute Gasteiger partial charge is 0.322 e. The number of carboxylic acids is 1. The van der Waals surface area contributed by atoms with Gasteiger partial charge in [-0.15, -0.1) is 0 Å². The first kappa shape index (κ1) is 18.6. The number of carbonyl (C=O) groups excluding carboxylic acids is 1. The zero-order valence-electron chi connectivity index (χ0n) is 15.1. The number of nitrogens with one attached hydrogen (secondary N) is 1. The van der Waals surface area contributed by atoms with Crippen molar-refractivity contribution >= 4 is 23.3 Å². The molecule has 27 heavy (non-hydrogen) atoms. The lowest BCUT2D eigenvalue weighted by Crippen LogP contribution is -2.30. The van der Waals surface area contributed by atoms with E-state index in [1.807, 2.05) is 13.0 Å². The van der Waals surface area contributed by atoms with E-state index < -0.39 is 5.97 Å². The number of urea groups is 1. The Morgan fingerprint density at radius 1 is 1.19 bits per heavy atom. The molecule has 2 N–H and O–H groups in total. The molecular formula is C21H21FN2O3. The van der Waals surface area contributed by atoms with Crippen LogP contribution in [-0.2, 0) is 17.9 Å². The third-order valence-corrected chi connectivity index (χ3v) is 4.61. The van der Waals surface area contributed by atoms with Crippen molar-refractivity contribution in [1.82, 2.24) is 4.90 Å². The van der Waals surface area contributed by atoms with E-state index in [-0.39, 0.29) is 24.8 Å². The Labute approximate surface area is 157 Å². The number of benzene rings is 2. The van der Waals surface area contributed by atoms with Crippen LogP contribution in [0, 0.1) is 12.7 Å². The van der Waals surface area contributed by atoms with Crippen LogP contribution in [0.1, 0.15) is 35.1 Å². The summed E-state index contributed by atoms with van der Waals surface area (Å²) in [4.78, 5) is 24.7. The minimum atomic E-state index is -0.863. The highest BCUT2D eigenvalue weighted by atomic mass is 19.1. The number of nitrogens with zero attached hydrogens (tertiary/aromatic N) is 1. The average molecular weight is 368 g/mol. The Bertz CT molecular complexity index is 906. The molecule has 0 fully saturated rings. The summed E-state index contributed by atoms with van der Waals surface area (Å²) in [5.74, 6) is -1.14. The van der Waals surface area contributed by atoms with Crippen LogP contribution in [0.5, 0.6) is 0 Å². The van der Waals surface area contributed by atoms with Crippen molar-refractivity contribution in [3.8, 4) is 0 Å². The van der Waals surface area contributed by atoms with Crippen LogP contribution in [0.4, 0.5) is 14.9 Å². The Morgan fingerprint density at radius 3 is 2.56 bits per heavy atom. The van der Waals surface area contributed by atoms with Gasteiger partial charge in [0.1, 0.15) is 5.82 Å². The van der Waals surface area contributed by atoms with Crippen molar-refractivity contribution in [2.45, 2.75) is 32.9 Å². The maximum Gasteiger partial charge on any atom is 0.322 e. The van der Waals surface area contributed by atoms with Crippen LogP contribution in [0.2, 0.25) is 0 Å². The van der Waals surface area contributed by atoms with Gasteiger partial charge in [-0.1, -0.05) is 24.8 Å². The van der Waals surface area contributed by atoms with Gasteiger partial charge >= 0.3 is 12.0 Å². The van der Waals surface area contributed by atoms with Gasteiger partial charge in [0.05, 0.1) is 6.54 Å². The summed E-state index contributed by atoms with van der Waals surface area (Å²) >= 11 is 0. The number of aliphatic carboxylic acids is 1. The number of carbonyl (C=O) groups is 2. The van der Waals surface area contributed by atoms with Gasteiger partial charge in [-0.05, 0) is 53.8 Å². The predicted molar refractivity (Wildman–Crippen MR) is 102 cm³/mol. The van der Waals surface area contributed by atoms with Gasteiger partial charge in [-0.2, -0.15) is 0 Å². The molecule has 1 aliphatic rings. The Balaban J connectivity index is 1.61. The molecule has 0 saturated carbocycles. The lowest BCUT2D eigenvalue weighted by Gasteiger charge is -2.16. The molecule has 3 rings (SSSR count). The molecule has 2 aromatic carbocycles. The quantitative estimate of drug-likeness (QED) is 0.813. The number of aryl methyl sites for hydroxylation is 1. The van der Waals surface area contributed by atoms with Gasteiger partial charge in [0.2, 0.25) is 0 Å². The fourth-order valence-electron chi connectivity index (χ4n) is 3.15. The van der Waals surface area contributed by atoms with Crippen molar-refractivity contribution in [2.75, 3.05) is 5.32 Å². The van der Waals surface area contributed by atoms with Gasteiger partial charge < -0.3 is 15.3 Å². The molecule has 2 aromatic rings. The highest BCUT2D eigenvalue weighted by molar-refractivity contribution is 5.90. The summed E-state index contributed by atoms with van der Waals surface area (Å²) in [5, 5.41) is 11.5. The maximum absolute atomic E-state index is 14.0. The molecule has 0 spiro atoms. The van der Waals surface area contributed by atoms with E-state index in [1.165, 1.54) is 6.07 Å². The van der Waals surface area contributed by atoms with Crippen LogP contribution >= 0.6 is 0 Å². The van der Waals surface area contributed by atoms with Crippen LogP contribution < -0.4 is 5.32 Å². The fraction of sp³-hybridized carbons (Fsp3) is 0.238.